The van der Waals surface area contributed by atoms with E-state index in [-0.39, 0.29) is 17.9 Å². The summed E-state index contributed by atoms with van der Waals surface area (Å²) in [5.41, 5.74) is 3.26. The zero-order valence-electron chi connectivity index (χ0n) is 18.3. The molecule has 0 bridgehead atoms. The molecule has 0 radical (unpaired) electrons. The highest BCUT2D eigenvalue weighted by Crippen LogP contribution is 2.16. The first-order valence-corrected chi connectivity index (χ1v) is 10.8. The van der Waals surface area contributed by atoms with Gasteiger partial charge in [0.1, 0.15) is 6.04 Å². The number of pyridine rings is 1. The third-order valence-corrected chi connectivity index (χ3v) is 5.35. The van der Waals surface area contributed by atoms with Crippen molar-refractivity contribution in [2.75, 3.05) is 0 Å². The van der Waals surface area contributed by atoms with Gasteiger partial charge in [0.05, 0.1) is 17.3 Å². The van der Waals surface area contributed by atoms with Crippen LogP contribution in [0.15, 0.2) is 97.6 Å². The minimum absolute atomic E-state index is 0.238. The Kier molecular flexibility index (Phi) is 6.90. The number of hydrogen-bond donors (Lipinski definition) is 2. The summed E-state index contributed by atoms with van der Waals surface area (Å²) < 4.78 is 1.77. The van der Waals surface area contributed by atoms with E-state index in [1.807, 2.05) is 73.8 Å². The lowest BCUT2D eigenvalue weighted by atomic mass is 10.0. The predicted molar refractivity (Wildman–Crippen MR) is 126 cm³/mol. The van der Waals surface area contributed by atoms with Crippen molar-refractivity contribution in [1.82, 2.24) is 25.4 Å². The Labute approximate surface area is 192 Å². The number of benzene rings is 2. The lowest BCUT2D eigenvalue weighted by Crippen LogP contribution is -2.48. The van der Waals surface area contributed by atoms with Crippen LogP contribution < -0.4 is 10.6 Å². The van der Waals surface area contributed by atoms with E-state index >= 15 is 0 Å². The van der Waals surface area contributed by atoms with E-state index in [0.717, 1.165) is 16.8 Å². The van der Waals surface area contributed by atoms with Gasteiger partial charge in [-0.2, -0.15) is 5.10 Å². The van der Waals surface area contributed by atoms with Crippen molar-refractivity contribution in [3.63, 3.8) is 0 Å². The highest BCUT2D eigenvalue weighted by Gasteiger charge is 2.23. The fourth-order valence-corrected chi connectivity index (χ4v) is 3.53. The minimum Gasteiger partial charge on any atom is -0.348 e. The van der Waals surface area contributed by atoms with Crippen LogP contribution in [0, 0.1) is 0 Å². The van der Waals surface area contributed by atoms with E-state index < -0.39 is 6.04 Å². The van der Waals surface area contributed by atoms with Gasteiger partial charge in [0.25, 0.3) is 5.91 Å². The second kappa shape index (κ2) is 10.4. The summed E-state index contributed by atoms with van der Waals surface area (Å²) in [7, 11) is 0. The molecular formula is C26H25N5O2. The van der Waals surface area contributed by atoms with Crippen molar-refractivity contribution in [3.8, 4) is 5.69 Å². The van der Waals surface area contributed by atoms with Crippen molar-refractivity contribution >= 4 is 11.8 Å². The lowest BCUT2D eigenvalue weighted by molar-refractivity contribution is -0.123. The zero-order chi connectivity index (χ0) is 23.0. The Hall–Kier alpha value is -4.26. The first-order valence-electron chi connectivity index (χ1n) is 10.8. The maximum absolute atomic E-state index is 13.2. The van der Waals surface area contributed by atoms with E-state index in [9.17, 15) is 9.59 Å². The van der Waals surface area contributed by atoms with Gasteiger partial charge in [-0.25, -0.2) is 4.68 Å². The average Bonchev–Trinajstić information content (AvgIpc) is 3.40. The van der Waals surface area contributed by atoms with Gasteiger partial charge >= 0.3 is 0 Å². The first kappa shape index (κ1) is 22.0. The predicted octanol–water partition coefficient (Wildman–Crippen LogP) is 3.49. The van der Waals surface area contributed by atoms with Gasteiger partial charge in [0.2, 0.25) is 5.91 Å². The molecule has 2 N–H and O–H groups in total. The van der Waals surface area contributed by atoms with Crippen molar-refractivity contribution < 1.29 is 9.59 Å². The van der Waals surface area contributed by atoms with Crippen LogP contribution in [0.2, 0.25) is 0 Å². The largest absolute Gasteiger partial charge is 0.348 e. The van der Waals surface area contributed by atoms with Gasteiger partial charge in [-0.1, -0.05) is 42.5 Å². The maximum atomic E-state index is 13.2. The van der Waals surface area contributed by atoms with Crippen LogP contribution in [0.4, 0.5) is 0 Å². The summed E-state index contributed by atoms with van der Waals surface area (Å²) in [4.78, 5) is 29.9. The molecule has 0 aliphatic rings. The molecule has 0 saturated carbocycles. The monoisotopic (exact) mass is 439 g/mol. The van der Waals surface area contributed by atoms with Gasteiger partial charge in [0, 0.05) is 31.2 Å². The Morgan fingerprint density at radius 2 is 1.70 bits per heavy atom. The van der Waals surface area contributed by atoms with Gasteiger partial charge in [-0.15, -0.1) is 0 Å². The molecule has 2 atom stereocenters. The van der Waals surface area contributed by atoms with Crippen LogP contribution >= 0.6 is 0 Å². The molecule has 2 heterocycles. The molecule has 7 nitrogen and oxygen atoms in total. The molecule has 2 aromatic carbocycles. The highest BCUT2D eigenvalue weighted by atomic mass is 16.2. The highest BCUT2D eigenvalue weighted by molar-refractivity contribution is 5.97. The number of nitrogens with zero attached hydrogens (tertiary/aromatic N) is 3. The molecule has 166 valence electrons. The van der Waals surface area contributed by atoms with Crippen LogP contribution in [0.25, 0.3) is 5.69 Å². The number of hydrogen-bond acceptors (Lipinski definition) is 4. The standard InChI is InChI=1S/C26H25N5O2/c1-19(21-10-12-23(13-11-21)31-16-6-15-28-31)29-26(33)24(17-20-7-3-2-4-8-20)30-25(32)22-9-5-14-27-18-22/h2-16,18-19,24H,17H2,1H3,(H,29,33)(H,30,32). The lowest BCUT2D eigenvalue weighted by Gasteiger charge is -2.22. The van der Waals surface area contributed by atoms with E-state index in [0.29, 0.717) is 12.0 Å². The smallest absolute Gasteiger partial charge is 0.253 e. The van der Waals surface area contributed by atoms with E-state index in [4.69, 9.17) is 0 Å². The van der Waals surface area contributed by atoms with E-state index in [2.05, 4.69) is 20.7 Å². The van der Waals surface area contributed by atoms with Crippen LogP contribution in [0.1, 0.15) is 34.5 Å². The molecule has 4 aromatic rings. The number of carbonyl (C=O) groups is 2. The van der Waals surface area contributed by atoms with Crippen LogP contribution in [0.5, 0.6) is 0 Å². The number of carbonyl (C=O) groups excluding carboxylic acids is 2. The van der Waals surface area contributed by atoms with Gasteiger partial charge < -0.3 is 10.6 Å². The Balaban J connectivity index is 1.47. The van der Waals surface area contributed by atoms with Crippen LogP contribution in [-0.4, -0.2) is 32.6 Å². The van der Waals surface area contributed by atoms with Gasteiger partial charge in [-0.3, -0.25) is 14.6 Å². The van der Waals surface area contributed by atoms with E-state index in [1.165, 1.54) is 6.20 Å². The quantitative estimate of drug-likeness (QED) is 0.440. The fourth-order valence-electron chi connectivity index (χ4n) is 3.53. The molecule has 0 spiro atoms. The summed E-state index contributed by atoms with van der Waals surface area (Å²) in [6.07, 6.45) is 7.06. The minimum atomic E-state index is -0.731. The third kappa shape index (κ3) is 5.71. The number of amides is 2. The van der Waals surface area contributed by atoms with Crippen molar-refractivity contribution in [2.45, 2.75) is 25.4 Å². The van der Waals surface area contributed by atoms with Gasteiger partial charge in [-0.05, 0) is 48.4 Å². The first-order chi connectivity index (χ1) is 16.1. The zero-order valence-corrected chi connectivity index (χ0v) is 18.3. The second-order valence-electron chi connectivity index (χ2n) is 7.73. The van der Waals surface area contributed by atoms with E-state index in [1.54, 1.807) is 29.2 Å². The SMILES string of the molecule is CC(NC(=O)C(Cc1ccccc1)NC(=O)c1cccnc1)c1ccc(-n2cccn2)cc1. The molecule has 2 amide bonds. The number of nitrogens with one attached hydrogen (secondary N) is 2. The number of aromatic nitrogens is 3. The molecule has 4 rings (SSSR count). The Morgan fingerprint density at radius 3 is 2.36 bits per heavy atom. The molecule has 7 heteroatoms. The molecule has 0 aliphatic carbocycles. The summed E-state index contributed by atoms with van der Waals surface area (Å²) in [5.74, 6) is -0.588. The molecule has 33 heavy (non-hydrogen) atoms. The molecule has 2 unspecified atom stereocenters. The Morgan fingerprint density at radius 1 is 0.909 bits per heavy atom. The van der Waals surface area contributed by atoms with Crippen LogP contribution in [-0.2, 0) is 11.2 Å². The van der Waals surface area contributed by atoms with Crippen molar-refractivity contribution in [3.05, 3.63) is 114 Å². The van der Waals surface area contributed by atoms with Gasteiger partial charge in [0.15, 0.2) is 0 Å². The normalized spacial score (nSPS) is 12.5. The summed E-state index contributed by atoms with van der Waals surface area (Å²) in [5, 5.41) is 10.1. The third-order valence-electron chi connectivity index (χ3n) is 5.35. The number of rotatable bonds is 8. The Bertz CT molecular complexity index is 1180. The maximum Gasteiger partial charge on any atom is 0.253 e. The second-order valence-corrected chi connectivity index (χ2v) is 7.73. The van der Waals surface area contributed by atoms with Crippen molar-refractivity contribution in [1.29, 1.82) is 0 Å². The summed E-state index contributed by atoms with van der Waals surface area (Å²) in [6.45, 7) is 1.92. The molecular weight excluding hydrogens is 414 g/mol. The molecule has 0 fully saturated rings. The van der Waals surface area contributed by atoms with Crippen LogP contribution in [0.3, 0.4) is 0 Å². The topological polar surface area (TPSA) is 88.9 Å². The molecule has 2 aromatic heterocycles. The summed E-state index contributed by atoms with van der Waals surface area (Å²) in [6, 6.07) is 21.7. The summed E-state index contributed by atoms with van der Waals surface area (Å²) >= 11 is 0. The molecule has 0 aliphatic heterocycles. The molecule has 0 saturated heterocycles. The van der Waals surface area contributed by atoms with Crippen molar-refractivity contribution in [2.24, 2.45) is 0 Å². The average molecular weight is 440 g/mol. The fraction of sp³-hybridized carbons (Fsp3) is 0.154.